The van der Waals surface area contributed by atoms with Crippen molar-refractivity contribution >= 4 is 39.9 Å². The molecule has 0 aliphatic carbocycles. The van der Waals surface area contributed by atoms with Gasteiger partial charge in [-0.25, -0.2) is 9.97 Å². The first-order valence-corrected chi connectivity index (χ1v) is 5.78. The van der Waals surface area contributed by atoms with E-state index in [1.165, 1.54) is 0 Å². The summed E-state index contributed by atoms with van der Waals surface area (Å²) in [7, 11) is 0. The van der Waals surface area contributed by atoms with Crippen LogP contribution >= 0.6 is 34.2 Å². The van der Waals surface area contributed by atoms with E-state index in [1.807, 2.05) is 0 Å². The SMILES string of the molecule is O=Nc1ccc(-c2nc(Cl)cc(I)n2)cc1. The van der Waals surface area contributed by atoms with Gasteiger partial charge in [-0.15, -0.1) is 4.91 Å². The third-order valence-corrected chi connectivity index (χ3v) is 2.64. The molecule has 1 aromatic heterocycles. The summed E-state index contributed by atoms with van der Waals surface area (Å²) in [6, 6.07) is 8.36. The molecular weight excluding hydrogens is 340 g/mol. The van der Waals surface area contributed by atoms with Crippen LogP contribution in [0.2, 0.25) is 5.15 Å². The molecule has 0 saturated carbocycles. The maximum Gasteiger partial charge on any atom is 0.161 e. The molecule has 0 radical (unpaired) electrons. The first-order chi connectivity index (χ1) is 7.69. The number of aromatic nitrogens is 2. The molecule has 2 rings (SSSR count). The quantitative estimate of drug-likeness (QED) is 0.472. The van der Waals surface area contributed by atoms with Gasteiger partial charge in [0.2, 0.25) is 0 Å². The summed E-state index contributed by atoms with van der Waals surface area (Å²) in [5, 5.41) is 3.22. The average molecular weight is 346 g/mol. The van der Waals surface area contributed by atoms with E-state index in [2.05, 4.69) is 37.7 Å². The fourth-order valence-corrected chi connectivity index (χ4v) is 2.08. The predicted molar refractivity (Wildman–Crippen MR) is 70.7 cm³/mol. The van der Waals surface area contributed by atoms with Gasteiger partial charge in [0.1, 0.15) is 14.5 Å². The lowest BCUT2D eigenvalue weighted by Crippen LogP contribution is -1.91. The highest BCUT2D eigenvalue weighted by Crippen LogP contribution is 2.21. The molecule has 0 aliphatic heterocycles. The van der Waals surface area contributed by atoms with Gasteiger partial charge in [0.15, 0.2) is 5.82 Å². The van der Waals surface area contributed by atoms with E-state index in [0.29, 0.717) is 16.7 Å². The predicted octanol–water partition coefficient (Wildman–Crippen LogP) is 3.80. The number of benzene rings is 1. The van der Waals surface area contributed by atoms with Crippen molar-refractivity contribution in [3.8, 4) is 11.4 Å². The zero-order chi connectivity index (χ0) is 11.5. The van der Waals surface area contributed by atoms with Crippen molar-refractivity contribution in [1.82, 2.24) is 9.97 Å². The lowest BCUT2D eigenvalue weighted by atomic mass is 10.2. The van der Waals surface area contributed by atoms with Gasteiger partial charge in [-0.3, -0.25) is 0 Å². The van der Waals surface area contributed by atoms with Crippen LogP contribution in [-0.4, -0.2) is 9.97 Å². The molecule has 0 saturated heterocycles. The fraction of sp³-hybridized carbons (Fsp3) is 0. The Balaban J connectivity index is 2.45. The van der Waals surface area contributed by atoms with E-state index in [9.17, 15) is 4.91 Å². The highest BCUT2D eigenvalue weighted by atomic mass is 127. The zero-order valence-corrected chi connectivity index (χ0v) is 10.8. The lowest BCUT2D eigenvalue weighted by Gasteiger charge is -2.01. The molecular formula is C10H5ClIN3O. The second-order valence-electron chi connectivity index (χ2n) is 2.98. The van der Waals surface area contributed by atoms with Gasteiger partial charge in [-0.1, -0.05) is 11.6 Å². The van der Waals surface area contributed by atoms with Crippen LogP contribution in [0.5, 0.6) is 0 Å². The molecule has 6 heteroatoms. The Morgan fingerprint density at radius 2 is 1.88 bits per heavy atom. The Morgan fingerprint density at radius 1 is 1.19 bits per heavy atom. The second-order valence-corrected chi connectivity index (χ2v) is 4.47. The largest absolute Gasteiger partial charge is 0.222 e. The van der Waals surface area contributed by atoms with E-state index in [-0.39, 0.29) is 0 Å². The van der Waals surface area contributed by atoms with Gasteiger partial charge in [-0.05, 0) is 52.0 Å². The Bertz CT molecular complexity index is 510. The van der Waals surface area contributed by atoms with Crippen LogP contribution in [0.3, 0.4) is 0 Å². The van der Waals surface area contributed by atoms with Crippen molar-refractivity contribution in [2.24, 2.45) is 5.18 Å². The van der Waals surface area contributed by atoms with Gasteiger partial charge in [0.25, 0.3) is 0 Å². The first kappa shape index (κ1) is 11.4. The van der Waals surface area contributed by atoms with Crippen molar-refractivity contribution < 1.29 is 0 Å². The fourth-order valence-electron chi connectivity index (χ4n) is 1.19. The summed E-state index contributed by atoms with van der Waals surface area (Å²) >= 11 is 7.90. The topological polar surface area (TPSA) is 55.2 Å². The normalized spacial score (nSPS) is 10.1. The van der Waals surface area contributed by atoms with E-state index in [0.717, 1.165) is 9.26 Å². The lowest BCUT2D eigenvalue weighted by molar-refractivity contribution is 1.15. The highest BCUT2D eigenvalue weighted by Gasteiger charge is 2.04. The summed E-state index contributed by atoms with van der Waals surface area (Å²) < 4.78 is 0.769. The van der Waals surface area contributed by atoms with Crippen LogP contribution in [0.15, 0.2) is 35.5 Å². The number of hydrogen-bond donors (Lipinski definition) is 0. The van der Waals surface area contributed by atoms with Crippen molar-refractivity contribution in [3.63, 3.8) is 0 Å². The molecule has 0 bridgehead atoms. The number of rotatable bonds is 2. The van der Waals surface area contributed by atoms with Crippen molar-refractivity contribution in [2.45, 2.75) is 0 Å². The van der Waals surface area contributed by atoms with Crippen LogP contribution in [0.1, 0.15) is 0 Å². The maximum atomic E-state index is 10.3. The van der Waals surface area contributed by atoms with Crippen molar-refractivity contribution in [3.05, 3.63) is 44.1 Å². The van der Waals surface area contributed by atoms with Crippen LogP contribution in [-0.2, 0) is 0 Å². The molecule has 0 N–H and O–H groups in total. The maximum absolute atomic E-state index is 10.3. The van der Waals surface area contributed by atoms with E-state index in [4.69, 9.17) is 11.6 Å². The van der Waals surface area contributed by atoms with Gasteiger partial charge >= 0.3 is 0 Å². The van der Waals surface area contributed by atoms with Gasteiger partial charge in [-0.2, -0.15) is 0 Å². The molecule has 1 heterocycles. The Morgan fingerprint density at radius 3 is 2.44 bits per heavy atom. The Hall–Kier alpha value is -1.08. The minimum Gasteiger partial charge on any atom is -0.222 e. The second kappa shape index (κ2) is 4.84. The monoisotopic (exact) mass is 345 g/mol. The summed E-state index contributed by atoms with van der Waals surface area (Å²) in [5.41, 5.74) is 1.17. The molecule has 0 atom stereocenters. The number of nitrogens with zero attached hydrogens (tertiary/aromatic N) is 3. The number of nitroso groups, excluding NO2 is 1. The molecule has 4 nitrogen and oxygen atoms in total. The molecule has 2 aromatic rings. The molecule has 0 amide bonds. The molecule has 0 aliphatic rings. The van der Waals surface area contributed by atoms with E-state index < -0.39 is 0 Å². The smallest absolute Gasteiger partial charge is 0.161 e. The summed E-state index contributed by atoms with van der Waals surface area (Å²) in [5.74, 6) is 0.536. The van der Waals surface area contributed by atoms with E-state index >= 15 is 0 Å². The molecule has 0 fully saturated rings. The van der Waals surface area contributed by atoms with E-state index in [1.54, 1.807) is 30.3 Å². The van der Waals surface area contributed by atoms with Crippen LogP contribution in [0.4, 0.5) is 5.69 Å². The van der Waals surface area contributed by atoms with Gasteiger partial charge in [0, 0.05) is 11.6 Å². The van der Waals surface area contributed by atoms with Crippen LogP contribution in [0.25, 0.3) is 11.4 Å². The minimum atomic E-state index is 0.375. The Kier molecular flexibility index (Phi) is 3.45. The third kappa shape index (κ3) is 2.53. The van der Waals surface area contributed by atoms with Crippen LogP contribution < -0.4 is 0 Å². The summed E-state index contributed by atoms with van der Waals surface area (Å²) in [4.78, 5) is 18.6. The molecule has 0 spiro atoms. The number of halogens is 2. The first-order valence-electron chi connectivity index (χ1n) is 4.33. The van der Waals surface area contributed by atoms with Gasteiger partial charge in [0.05, 0.1) is 0 Å². The molecule has 16 heavy (non-hydrogen) atoms. The zero-order valence-electron chi connectivity index (χ0n) is 7.89. The Labute approximate surface area is 110 Å². The van der Waals surface area contributed by atoms with Crippen LogP contribution in [0, 0.1) is 8.61 Å². The van der Waals surface area contributed by atoms with Crippen molar-refractivity contribution in [1.29, 1.82) is 0 Å². The molecule has 80 valence electrons. The third-order valence-electron chi connectivity index (χ3n) is 1.89. The number of hydrogen-bond acceptors (Lipinski definition) is 4. The van der Waals surface area contributed by atoms with Gasteiger partial charge < -0.3 is 0 Å². The standard InChI is InChI=1S/C10H5ClIN3O/c11-8-5-9(12)14-10(13-8)6-1-3-7(15-16)4-2-6/h1-5H. The molecule has 0 unspecified atom stereocenters. The summed E-state index contributed by atoms with van der Waals surface area (Å²) in [6.07, 6.45) is 0. The average Bonchev–Trinajstić information content (AvgIpc) is 2.28. The highest BCUT2D eigenvalue weighted by molar-refractivity contribution is 14.1. The van der Waals surface area contributed by atoms with Crippen molar-refractivity contribution in [2.75, 3.05) is 0 Å². The summed E-state index contributed by atoms with van der Waals surface area (Å²) in [6.45, 7) is 0. The minimum absolute atomic E-state index is 0.375. The molecule has 1 aromatic carbocycles.